The molecule has 6 fully saturated rings. The maximum Gasteiger partial charge on any atom is 0.187 e. The molecule has 0 radical (unpaired) electrons. The molecule has 0 saturated carbocycles. The molecule has 0 aromatic rings. The number of hydrogen-bond donors (Lipinski definition) is 20. The van der Waals surface area contributed by atoms with Gasteiger partial charge < -0.3 is 154 Å². The van der Waals surface area contributed by atoms with Gasteiger partial charge in [-0.25, -0.2) is 0 Å². The van der Waals surface area contributed by atoms with Gasteiger partial charge in [0.15, 0.2) is 37.7 Å². The third-order valence-corrected chi connectivity index (χ3v) is 12.4. The average Bonchev–Trinajstić information content (AvgIpc) is 3.31. The molecule has 6 aliphatic heterocycles. The van der Waals surface area contributed by atoms with Crippen LogP contribution < -0.4 is 0 Å². The van der Waals surface area contributed by atoms with Crippen molar-refractivity contribution in [2.75, 3.05) is 39.6 Å². The van der Waals surface area contributed by atoms with Crippen molar-refractivity contribution in [2.24, 2.45) is 0 Å². The number of hydrogen-bond acceptors (Lipinski definition) is 31. The molecule has 6 rings (SSSR count). The summed E-state index contributed by atoms with van der Waals surface area (Å²) in [7, 11) is 0. The molecule has 20 N–H and O–H groups in total. The molecule has 392 valence electrons. The van der Waals surface area contributed by atoms with Crippen LogP contribution in [0.15, 0.2) is 0 Å². The van der Waals surface area contributed by atoms with Gasteiger partial charge in [-0.15, -0.1) is 0 Å². The molecule has 31 nitrogen and oxygen atoms in total. The van der Waals surface area contributed by atoms with Crippen LogP contribution in [0.25, 0.3) is 0 Å². The van der Waals surface area contributed by atoms with E-state index >= 15 is 0 Å². The van der Waals surface area contributed by atoms with E-state index in [9.17, 15) is 102 Å². The maximum atomic E-state index is 11.6. The zero-order valence-electron chi connectivity index (χ0n) is 35.0. The molecular formula is C36H62O31. The normalized spacial score (nSPS) is 53.4. The second-order valence-electron chi connectivity index (χ2n) is 16.8. The summed E-state index contributed by atoms with van der Waals surface area (Å²) in [5.74, 6) is 0. The molecule has 0 aromatic carbocycles. The standard InChI is InChI=1S/C36H62O31/c37-1-7-13(41)19(47)24(52)32(60-7)57-5-11-17(45)23(51)30(67-34-26(54)21(49)15(43)9(3-39)62-34)36(64-11)65-28-18(46)12(59-31(56)27(28)55)6-58-35-29(22(50)16(44)10(4-40)63-35)66-33-25(53)20(48)14(42)8(2-38)61-33/h7-56H,1-6H2/t7-,8-,9-,10-,11-,12-,13+,14-,15+,16-,17+,18-,19+,20+,21+,22+,23+,24-,25+,26-,27+,28+,29+,30-,31+,32+,33-,34-,35+,36-/m1/s1. The molecule has 0 aliphatic carbocycles. The van der Waals surface area contributed by atoms with Gasteiger partial charge in [0.05, 0.1) is 39.6 Å². The van der Waals surface area contributed by atoms with Crippen LogP contribution >= 0.6 is 0 Å². The molecule has 6 heterocycles. The fraction of sp³-hybridized carbons (Fsp3) is 1.00. The summed E-state index contributed by atoms with van der Waals surface area (Å²) in [6.07, 6.45) is -57.8. The van der Waals surface area contributed by atoms with Crippen molar-refractivity contribution in [2.45, 2.75) is 184 Å². The Kier molecular flexibility index (Phi) is 19.4. The summed E-state index contributed by atoms with van der Waals surface area (Å²) in [4.78, 5) is 0. The van der Waals surface area contributed by atoms with Gasteiger partial charge in [-0.1, -0.05) is 0 Å². The first-order valence-corrected chi connectivity index (χ1v) is 21.1. The predicted octanol–water partition coefficient (Wildman–Crippen LogP) is -14.1. The highest BCUT2D eigenvalue weighted by Crippen LogP contribution is 2.35. The Labute approximate surface area is 378 Å². The molecular weight excluding hydrogens is 928 g/mol. The number of rotatable bonds is 16. The number of ether oxygens (including phenoxy) is 11. The van der Waals surface area contributed by atoms with E-state index in [4.69, 9.17) is 52.1 Å². The number of aliphatic hydroxyl groups is 20. The predicted molar refractivity (Wildman–Crippen MR) is 199 cm³/mol. The van der Waals surface area contributed by atoms with Crippen LogP contribution in [0.5, 0.6) is 0 Å². The lowest BCUT2D eigenvalue weighted by Gasteiger charge is -2.49. The van der Waals surface area contributed by atoms with Crippen molar-refractivity contribution in [3.63, 3.8) is 0 Å². The smallest absolute Gasteiger partial charge is 0.187 e. The molecule has 0 aromatic heterocycles. The minimum absolute atomic E-state index is 0.842. The van der Waals surface area contributed by atoms with Crippen LogP contribution in [-0.2, 0) is 52.1 Å². The molecule has 6 saturated heterocycles. The van der Waals surface area contributed by atoms with Gasteiger partial charge in [0.25, 0.3) is 0 Å². The summed E-state index contributed by atoms with van der Waals surface area (Å²) >= 11 is 0. The highest BCUT2D eigenvalue weighted by molar-refractivity contribution is 4.98. The Morgan fingerprint density at radius 1 is 0.254 bits per heavy atom. The van der Waals surface area contributed by atoms with Crippen LogP contribution in [0.4, 0.5) is 0 Å². The lowest BCUT2D eigenvalue weighted by Crippen LogP contribution is -2.67. The first-order valence-electron chi connectivity index (χ1n) is 21.1. The Morgan fingerprint density at radius 3 is 1.01 bits per heavy atom. The Hall–Kier alpha value is -1.24. The SMILES string of the molecule is OC[C@H]1O[C@H](OC[C@H]2O[C@H](O[C@@H]3[C@H](O)[C@@H](O)O[C@H](CO[C@H]4O[C@H](CO)[C@@H](O)[C@H](O)[C@@H]4O[C@H]4O[C@H](CO)[C@@H](O)[C@H](O)[C@@H]4O)[C@H]3O)[C@H](O[C@H]3O[C@H](CO)[C@H](O)[C@H](O)[C@H]3O)[C@@H](O)[C@H]2O)[C@H](O)[C@@H](O)[C@H]1O. The van der Waals surface area contributed by atoms with E-state index in [1.807, 2.05) is 0 Å². The van der Waals surface area contributed by atoms with Gasteiger partial charge in [0, 0.05) is 0 Å². The Morgan fingerprint density at radius 2 is 0.567 bits per heavy atom. The monoisotopic (exact) mass is 990 g/mol. The molecule has 6 aliphatic rings. The summed E-state index contributed by atoms with van der Waals surface area (Å²) in [6.45, 7) is -5.35. The first kappa shape index (κ1) is 55.1. The Balaban J connectivity index is 1.21. The lowest BCUT2D eigenvalue weighted by atomic mass is 9.96. The van der Waals surface area contributed by atoms with Crippen molar-refractivity contribution in [1.29, 1.82) is 0 Å². The highest BCUT2D eigenvalue weighted by Gasteiger charge is 2.56. The van der Waals surface area contributed by atoms with E-state index in [1.165, 1.54) is 0 Å². The first-order chi connectivity index (χ1) is 31.7. The van der Waals surface area contributed by atoms with Gasteiger partial charge in [0.2, 0.25) is 0 Å². The lowest BCUT2D eigenvalue weighted by molar-refractivity contribution is -0.394. The molecule has 0 bridgehead atoms. The van der Waals surface area contributed by atoms with E-state index in [0.29, 0.717) is 0 Å². The minimum atomic E-state index is -2.26. The van der Waals surface area contributed by atoms with Crippen LogP contribution in [0.3, 0.4) is 0 Å². The molecule has 0 amide bonds. The fourth-order valence-electron chi connectivity index (χ4n) is 8.26. The van der Waals surface area contributed by atoms with Crippen molar-refractivity contribution < 1.29 is 154 Å². The van der Waals surface area contributed by atoms with E-state index in [2.05, 4.69) is 0 Å². The van der Waals surface area contributed by atoms with Crippen LogP contribution in [0.1, 0.15) is 0 Å². The topological polar surface area (TPSA) is 506 Å². The average molecular weight is 991 g/mol. The fourth-order valence-corrected chi connectivity index (χ4v) is 8.26. The Bertz CT molecular complexity index is 1500. The largest absolute Gasteiger partial charge is 0.394 e. The van der Waals surface area contributed by atoms with Crippen LogP contribution in [0, 0.1) is 0 Å². The third kappa shape index (κ3) is 11.5. The second kappa shape index (κ2) is 23.5. The van der Waals surface area contributed by atoms with Crippen molar-refractivity contribution in [3.05, 3.63) is 0 Å². The van der Waals surface area contributed by atoms with Gasteiger partial charge in [0.1, 0.15) is 146 Å². The number of aliphatic hydroxyl groups excluding tert-OH is 20. The second-order valence-corrected chi connectivity index (χ2v) is 16.8. The summed E-state index contributed by atoms with van der Waals surface area (Å²) in [5, 5.41) is 210. The van der Waals surface area contributed by atoms with Crippen molar-refractivity contribution in [3.8, 4) is 0 Å². The van der Waals surface area contributed by atoms with Crippen LogP contribution in [0.2, 0.25) is 0 Å². The molecule has 0 spiro atoms. The van der Waals surface area contributed by atoms with E-state index < -0.39 is 224 Å². The van der Waals surface area contributed by atoms with Crippen molar-refractivity contribution >= 4 is 0 Å². The zero-order chi connectivity index (χ0) is 49.3. The highest BCUT2D eigenvalue weighted by atomic mass is 16.8. The summed E-state index contributed by atoms with van der Waals surface area (Å²) in [6, 6.07) is 0. The molecule has 31 heteroatoms. The van der Waals surface area contributed by atoms with Gasteiger partial charge >= 0.3 is 0 Å². The van der Waals surface area contributed by atoms with E-state index in [1.54, 1.807) is 0 Å². The van der Waals surface area contributed by atoms with Gasteiger partial charge in [-0.2, -0.15) is 0 Å². The molecule has 0 unspecified atom stereocenters. The summed E-state index contributed by atoms with van der Waals surface area (Å²) in [5.41, 5.74) is 0. The minimum Gasteiger partial charge on any atom is -0.394 e. The molecule has 67 heavy (non-hydrogen) atoms. The summed E-state index contributed by atoms with van der Waals surface area (Å²) < 4.78 is 61.1. The van der Waals surface area contributed by atoms with Crippen LogP contribution in [-0.4, -0.2) is 326 Å². The van der Waals surface area contributed by atoms with E-state index in [-0.39, 0.29) is 0 Å². The zero-order valence-corrected chi connectivity index (χ0v) is 35.0. The van der Waals surface area contributed by atoms with Crippen molar-refractivity contribution in [1.82, 2.24) is 0 Å². The van der Waals surface area contributed by atoms with Gasteiger partial charge in [-0.3, -0.25) is 0 Å². The maximum absolute atomic E-state index is 11.6. The van der Waals surface area contributed by atoms with Gasteiger partial charge in [-0.05, 0) is 0 Å². The third-order valence-electron chi connectivity index (χ3n) is 12.4. The molecule has 30 atom stereocenters. The quantitative estimate of drug-likeness (QED) is 0.0683. The van der Waals surface area contributed by atoms with E-state index in [0.717, 1.165) is 0 Å².